The summed E-state index contributed by atoms with van der Waals surface area (Å²) in [4.78, 5) is 20.4. The van der Waals surface area contributed by atoms with E-state index in [2.05, 4.69) is 25.7 Å². The summed E-state index contributed by atoms with van der Waals surface area (Å²) in [5, 5.41) is 10.7. The lowest BCUT2D eigenvalue weighted by molar-refractivity contribution is 0.0955. The third-order valence-corrected chi connectivity index (χ3v) is 3.83. The van der Waals surface area contributed by atoms with Crippen molar-refractivity contribution in [1.82, 2.24) is 24.9 Å². The molecule has 0 saturated heterocycles. The van der Waals surface area contributed by atoms with Gasteiger partial charge >= 0.3 is 0 Å². The van der Waals surface area contributed by atoms with E-state index in [0.717, 1.165) is 28.4 Å². The average Bonchev–Trinajstić information content (AvgIpc) is 2.87. The highest BCUT2D eigenvalue weighted by Crippen LogP contribution is 2.17. The number of aryl methyl sites for hydroxylation is 3. The van der Waals surface area contributed by atoms with Crippen LogP contribution in [0.25, 0.3) is 5.65 Å². The van der Waals surface area contributed by atoms with E-state index in [4.69, 9.17) is 0 Å². The molecule has 0 atom stereocenters. The first-order valence-electron chi connectivity index (χ1n) is 7.82. The number of pyridine rings is 1. The van der Waals surface area contributed by atoms with Crippen molar-refractivity contribution in [2.45, 2.75) is 20.8 Å². The third kappa shape index (κ3) is 3.19. The zero-order valence-corrected chi connectivity index (χ0v) is 14.0. The number of carbonyl (C=O) groups is 1. The highest BCUT2D eigenvalue weighted by atomic mass is 16.1. The maximum Gasteiger partial charge on any atom is 0.252 e. The van der Waals surface area contributed by atoms with Gasteiger partial charge in [-0.1, -0.05) is 0 Å². The predicted octanol–water partition coefficient (Wildman–Crippen LogP) is 1.89. The van der Waals surface area contributed by atoms with Gasteiger partial charge in [0.15, 0.2) is 5.65 Å². The normalized spacial score (nSPS) is 10.8. The fourth-order valence-corrected chi connectivity index (χ4v) is 2.44. The van der Waals surface area contributed by atoms with Crippen molar-refractivity contribution in [3.05, 3.63) is 53.1 Å². The number of aromatic nitrogens is 4. The summed E-state index contributed by atoms with van der Waals surface area (Å²) in [6.07, 6.45) is 3.19. The number of carbonyl (C=O) groups excluding carboxylic acids is 1. The average molecular weight is 324 g/mol. The lowest BCUT2D eigenvalue weighted by Crippen LogP contribution is -2.29. The summed E-state index contributed by atoms with van der Waals surface area (Å²) in [5.41, 5.74) is 4.37. The highest BCUT2D eigenvalue weighted by molar-refractivity contribution is 5.93. The second kappa shape index (κ2) is 6.66. The minimum atomic E-state index is -0.133. The number of hydrogen-bond acceptors (Lipinski definition) is 5. The fraction of sp³-hybridized carbons (Fsp3) is 0.294. The van der Waals surface area contributed by atoms with Gasteiger partial charge in [-0.15, -0.1) is 0 Å². The number of hydrogen-bond donors (Lipinski definition) is 2. The van der Waals surface area contributed by atoms with Crippen LogP contribution >= 0.6 is 0 Å². The summed E-state index contributed by atoms with van der Waals surface area (Å²) in [7, 11) is 0. The van der Waals surface area contributed by atoms with Gasteiger partial charge in [0.1, 0.15) is 5.82 Å². The zero-order valence-electron chi connectivity index (χ0n) is 14.0. The molecule has 124 valence electrons. The van der Waals surface area contributed by atoms with E-state index in [1.165, 1.54) is 0 Å². The van der Waals surface area contributed by atoms with Crippen LogP contribution < -0.4 is 10.6 Å². The number of rotatable bonds is 5. The van der Waals surface area contributed by atoms with E-state index in [-0.39, 0.29) is 5.91 Å². The molecule has 0 aliphatic heterocycles. The van der Waals surface area contributed by atoms with E-state index in [9.17, 15) is 4.79 Å². The Morgan fingerprint density at radius 3 is 2.83 bits per heavy atom. The van der Waals surface area contributed by atoms with Crippen LogP contribution in [0.2, 0.25) is 0 Å². The van der Waals surface area contributed by atoms with Gasteiger partial charge < -0.3 is 10.6 Å². The van der Waals surface area contributed by atoms with Crippen LogP contribution in [0, 0.1) is 20.8 Å². The molecule has 0 fully saturated rings. The van der Waals surface area contributed by atoms with Crippen molar-refractivity contribution in [2.24, 2.45) is 0 Å². The number of anilines is 1. The van der Waals surface area contributed by atoms with E-state index < -0.39 is 0 Å². The first kappa shape index (κ1) is 15.9. The first-order chi connectivity index (χ1) is 11.6. The standard InChI is InChI=1S/C17H20N6O/c1-11-9-15(23-16(21-11)12(2)13(3)22-23)19-7-8-20-17(24)14-5-4-6-18-10-14/h4-6,9-10,19H,7-8H2,1-3H3,(H,20,24). The molecule has 0 aromatic carbocycles. The molecule has 0 unspecified atom stereocenters. The summed E-state index contributed by atoms with van der Waals surface area (Å²) in [6, 6.07) is 5.43. The smallest absolute Gasteiger partial charge is 0.252 e. The summed E-state index contributed by atoms with van der Waals surface area (Å²) >= 11 is 0. The Balaban J connectivity index is 1.64. The van der Waals surface area contributed by atoms with Gasteiger partial charge in [-0.25, -0.2) is 4.98 Å². The molecular formula is C17H20N6O. The topological polar surface area (TPSA) is 84.2 Å². The monoisotopic (exact) mass is 324 g/mol. The van der Waals surface area contributed by atoms with Crippen LogP contribution in [-0.2, 0) is 0 Å². The van der Waals surface area contributed by atoms with Gasteiger partial charge in [0.05, 0.1) is 11.3 Å². The minimum absolute atomic E-state index is 0.133. The lowest BCUT2D eigenvalue weighted by Gasteiger charge is -2.10. The summed E-state index contributed by atoms with van der Waals surface area (Å²) in [5.74, 6) is 0.732. The Hall–Kier alpha value is -2.96. The summed E-state index contributed by atoms with van der Waals surface area (Å²) in [6.45, 7) is 7.02. The van der Waals surface area contributed by atoms with E-state index in [0.29, 0.717) is 18.7 Å². The predicted molar refractivity (Wildman–Crippen MR) is 92.3 cm³/mol. The van der Waals surface area contributed by atoms with Crippen LogP contribution in [0.1, 0.15) is 27.3 Å². The number of amides is 1. The van der Waals surface area contributed by atoms with Gasteiger partial charge in [-0.3, -0.25) is 9.78 Å². The first-order valence-corrected chi connectivity index (χ1v) is 7.82. The molecule has 0 aliphatic carbocycles. The molecular weight excluding hydrogens is 304 g/mol. The highest BCUT2D eigenvalue weighted by Gasteiger charge is 2.11. The third-order valence-electron chi connectivity index (χ3n) is 3.83. The van der Waals surface area contributed by atoms with Crippen LogP contribution in [-0.4, -0.2) is 38.6 Å². The molecule has 0 aliphatic rings. The molecule has 3 rings (SSSR count). The molecule has 0 saturated carbocycles. The van der Waals surface area contributed by atoms with Crippen molar-refractivity contribution < 1.29 is 4.79 Å². The van der Waals surface area contributed by atoms with Gasteiger partial charge in [0.25, 0.3) is 5.91 Å². The number of nitrogens with zero attached hydrogens (tertiary/aromatic N) is 4. The van der Waals surface area contributed by atoms with Gasteiger partial charge in [0, 0.05) is 42.8 Å². The van der Waals surface area contributed by atoms with Crippen molar-refractivity contribution in [3.63, 3.8) is 0 Å². The van der Waals surface area contributed by atoms with Gasteiger partial charge in [-0.2, -0.15) is 9.61 Å². The number of fused-ring (bicyclic) bond motifs is 1. The van der Waals surface area contributed by atoms with E-state index in [1.54, 1.807) is 29.0 Å². The van der Waals surface area contributed by atoms with Crippen LogP contribution in [0.5, 0.6) is 0 Å². The molecule has 0 spiro atoms. The molecule has 3 heterocycles. The second-order valence-corrected chi connectivity index (χ2v) is 5.65. The molecule has 2 N–H and O–H groups in total. The molecule has 1 amide bonds. The summed E-state index contributed by atoms with van der Waals surface area (Å²) < 4.78 is 1.81. The van der Waals surface area contributed by atoms with E-state index in [1.807, 2.05) is 26.8 Å². The maximum absolute atomic E-state index is 12.0. The Bertz CT molecular complexity index is 872. The molecule has 24 heavy (non-hydrogen) atoms. The van der Waals surface area contributed by atoms with Gasteiger partial charge in [0.2, 0.25) is 0 Å². The lowest BCUT2D eigenvalue weighted by atomic mass is 10.3. The van der Waals surface area contributed by atoms with E-state index >= 15 is 0 Å². The molecule has 0 bridgehead atoms. The Kier molecular flexibility index (Phi) is 4.41. The van der Waals surface area contributed by atoms with Crippen molar-refractivity contribution in [1.29, 1.82) is 0 Å². The van der Waals surface area contributed by atoms with Gasteiger partial charge in [-0.05, 0) is 32.9 Å². The fourth-order valence-electron chi connectivity index (χ4n) is 2.44. The second-order valence-electron chi connectivity index (χ2n) is 5.65. The molecule has 3 aromatic rings. The number of nitrogens with one attached hydrogen (secondary N) is 2. The SMILES string of the molecule is Cc1cc(NCCNC(=O)c2cccnc2)n2nc(C)c(C)c2n1. The van der Waals surface area contributed by atoms with Crippen LogP contribution in [0.4, 0.5) is 5.82 Å². The minimum Gasteiger partial charge on any atom is -0.368 e. The molecule has 7 heteroatoms. The molecule has 0 radical (unpaired) electrons. The van der Waals surface area contributed by atoms with Crippen LogP contribution in [0.3, 0.4) is 0 Å². The maximum atomic E-state index is 12.0. The molecule has 3 aromatic heterocycles. The quantitative estimate of drug-likeness (QED) is 0.700. The largest absolute Gasteiger partial charge is 0.368 e. The Morgan fingerprint density at radius 1 is 1.25 bits per heavy atom. The zero-order chi connectivity index (χ0) is 17.1. The van der Waals surface area contributed by atoms with Crippen molar-refractivity contribution in [3.8, 4) is 0 Å². The molecule has 7 nitrogen and oxygen atoms in total. The van der Waals surface area contributed by atoms with Crippen LogP contribution in [0.15, 0.2) is 30.6 Å². The Morgan fingerprint density at radius 2 is 2.08 bits per heavy atom. The van der Waals surface area contributed by atoms with Crippen molar-refractivity contribution in [2.75, 3.05) is 18.4 Å². The van der Waals surface area contributed by atoms with Crippen molar-refractivity contribution >= 4 is 17.4 Å². The Labute approximate surface area is 140 Å².